The molecule has 0 fully saturated rings. The van der Waals surface area contributed by atoms with Crippen LogP contribution in [0.5, 0.6) is 0 Å². The van der Waals surface area contributed by atoms with E-state index >= 15 is 0 Å². The highest BCUT2D eigenvalue weighted by Crippen LogP contribution is 2.14. The van der Waals surface area contributed by atoms with E-state index in [0.717, 1.165) is 12.1 Å². The monoisotopic (exact) mass is 172 g/mol. The van der Waals surface area contributed by atoms with Gasteiger partial charge in [-0.2, -0.15) is 0 Å². The average molecular weight is 172 g/mol. The molecule has 0 bridgehead atoms. The van der Waals surface area contributed by atoms with E-state index in [2.05, 4.69) is 4.42 Å². The summed E-state index contributed by atoms with van der Waals surface area (Å²) < 4.78 is 4.43. The molecule has 1 rings (SSSR count). The molecule has 0 atom stereocenters. The first-order valence-electron chi connectivity index (χ1n) is 2.84. The number of nitrogens with zero attached hydrogens (tertiary/aromatic N) is 1. The van der Waals surface area contributed by atoms with Gasteiger partial charge in [0.05, 0.1) is 6.07 Å². The molecule has 7 heteroatoms. The molecule has 0 aliphatic heterocycles. The van der Waals surface area contributed by atoms with Crippen molar-refractivity contribution in [2.75, 3.05) is 0 Å². The molecule has 1 heterocycles. The number of rotatable bonds is 2. The predicted molar refractivity (Wildman–Crippen MR) is 34.6 cm³/mol. The van der Waals surface area contributed by atoms with Crippen LogP contribution < -0.4 is 5.48 Å². The van der Waals surface area contributed by atoms with Gasteiger partial charge in [-0.25, -0.2) is 5.48 Å². The van der Waals surface area contributed by atoms with Crippen molar-refractivity contribution in [2.45, 2.75) is 0 Å². The van der Waals surface area contributed by atoms with E-state index in [0.29, 0.717) is 0 Å². The molecule has 1 aromatic heterocycles. The lowest BCUT2D eigenvalue weighted by atomic mass is 10.4. The van der Waals surface area contributed by atoms with Crippen molar-refractivity contribution in [3.8, 4) is 0 Å². The summed E-state index contributed by atoms with van der Waals surface area (Å²) in [5.74, 6) is -1.79. The van der Waals surface area contributed by atoms with Gasteiger partial charge in [-0.15, -0.1) is 0 Å². The van der Waals surface area contributed by atoms with Gasteiger partial charge in [0, 0.05) is 0 Å². The minimum absolute atomic E-state index is 0.316. The Morgan fingerprint density at radius 3 is 2.75 bits per heavy atom. The Hall–Kier alpha value is -1.89. The van der Waals surface area contributed by atoms with Crippen molar-refractivity contribution >= 4 is 11.8 Å². The van der Waals surface area contributed by atoms with Gasteiger partial charge in [0.25, 0.3) is 0 Å². The average Bonchev–Trinajstić information content (AvgIpc) is 2.51. The third-order valence-electron chi connectivity index (χ3n) is 1.10. The van der Waals surface area contributed by atoms with Crippen LogP contribution in [0, 0.1) is 10.1 Å². The maximum Gasteiger partial charge on any atom is 0.433 e. The highest BCUT2D eigenvalue weighted by atomic mass is 16.6. The van der Waals surface area contributed by atoms with Crippen LogP contribution in [0.15, 0.2) is 16.5 Å². The maximum atomic E-state index is 10.6. The number of nitro groups is 1. The van der Waals surface area contributed by atoms with Gasteiger partial charge in [0.1, 0.15) is 4.92 Å². The van der Waals surface area contributed by atoms with Crippen molar-refractivity contribution in [1.82, 2.24) is 5.48 Å². The highest BCUT2D eigenvalue weighted by molar-refractivity contribution is 5.90. The Labute approximate surface area is 65.7 Å². The van der Waals surface area contributed by atoms with Gasteiger partial charge in [-0.3, -0.25) is 20.1 Å². The minimum Gasteiger partial charge on any atom is -0.395 e. The molecule has 7 nitrogen and oxygen atoms in total. The van der Waals surface area contributed by atoms with Crippen LogP contribution in [0.25, 0.3) is 0 Å². The molecule has 0 saturated carbocycles. The molecular formula is C5H4N2O5. The second kappa shape index (κ2) is 3.01. The zero-order chi connectivity index (χ0) is 9.14. The number of furan rings is 1. The second-order valence-electron chi connectivity index (χ2n) is 1.84. The summed E-state index contributed by atoms with van der Waals surface area (Å²) in [6.45, 7) is 0. The fraction of sp³-hybridized carbons (Fsp3) is 0. The minimum atomic E-state index is -0.928. The largest absolute Gasteiger partial charge is 0.433 e. The highest BCUT2D eigenvalue weighted by Gasteiger charge is 2.16. The summed E-state index contributed by atoms with van der Waals surface area (Å²) in [6.07, 6.45) is 0. The molecule has 0 spiro atoms. The van der Waals surface area contributed by atoms with E-state index in [1.54, 1.807) is 0 Å². The predicted octanol–water partition coefficient (Wildman–Crippen LogP) is 0.307. The summed E-state index contributed by atoms with van der Waals surface area (Å²) >= 11 is 0. The van der Waals surface area contributed by atoms with E-state index in [9.17, 15) is 14.9 Å². The van der Waals surface area contributed by atoms with Crippen LogP contribution in [0.1, 0.15) is 10.6 Å². The smallest absolute Gasteiger partial charge is 0.395 e. The Bertz CT molecular complexity index is 317. The number of hydroxylamine groups is 1. The van der Waals surface area contributed by atoms with Gasteiger partial charge < -0.3 is 4.42 Å². The first kappa shape index (κ1) is 8.21. The van der Waals surface area contributed by atoms with Crippen molar-refractivity contribution in [3.63, 3.8) is 0 Å². The third kappa shape index (κ3) is 1.40. The fourth-order valence-electron chi connectivity index (χ4n) is 0.603. The Kier molecular flexibility index (Phi) is 2.06. The first-order chi connectivity index (χ1) is 5.65. The summed E-state index contributed by atoms with van der Waals surface area (Å²) in [4.78, 5) is 19.8. The lowest BCUT2D eigenvalue weighted by molar-refractivity contribution is -0.402. The summed E-state index contributed by atoms with van der Waals surface area (Å²) in [5.41, 5.74) is 1.28. The van der Waals surface area contributed by atoms with Crippen LogP contribution in [0.3, 0.4) is 0 Å². The van der Waals surface area contributed by atoms with Gasteiger partial charge in [0.15, 0.2) is 0 Å². The molecule has 2 N–H and O–H groups in total. The van der Waals surface area contributed by atoms with Crippen molar-refractivity contribution in [2.24, 2.45) is 0 Å². The molecule has 0 radical (unpaired) electrons. The summed E-state index contributed by atoms with van der Waals surface area (Å²) in [5, 5.41) is 18.1. The van der Waals surface area contributed by atoms with Gasteiger partial charge in [-0.05, 0) is 6.07 Å². The summed E-state index contributed by atoms with van der Waals surface area (Å²) in [7, 11) is 0. The molecule has 0 saturated heterocycles. The van der Waals surface area contributed by atoms with E-state index in [1.165, 1.54) is 5.48 Å². The zero-order valence-electron chi connectivity index (χ0n) is 5.68. The van der Waals surface area contributed by atoms with E-state index < -0.39 is 16.7 Å². The molecule has 64 valence electrons. The first-order valence-corrected chi connectivity index (χ1v) is 2.84. The summed E-state index contributed by atoms with van der Waals surface area (Å²) in [6, 6.07) is 2.11. The lowest BCUT2D eigenvalue weighted by Gasteiger charge is -1.89. The molecule has 0 unspecified atom stereocenters. The fourth-order valence-corrected chi connectivity index (χ4v) is 0.603. The number of hydrogen-bond donors (Lipinski definition) is 2. The van der Waals surface area contributed by atoms with Crippen LogP contribution >= 0.6 is 0 Å². The maximum absolute atomic E-state index is 10.6. The standard InChI is InChI=1S/C5H4N2O5/c8-5(6-9)3-1-2-4(12-3)7(10)11/h1-2,9H,(H,6,8). The Balaban J connectivity index is 2.91. The van der Waals surface area contributed by atoms with Gasteiger partial charge in [-0.1, -0.05) is 0 Å². The number of nitrogens with one attached hydrogen (secondary N) is 1. The van der Waals surface area contributed by atoms with Crippen molar-refractivity contribution in [1.29, 1.82) is 0 Å². The van der Waals surface area contributed by atoms with Crippen LogP contribution in [-0.2, 0) is 0 Å². The number of carbonyl (C=O) groups is 1. The van der Waals surface area contributed by atoms with Crippen LogP contribution in [0.2, 0.25) is 0 Å². The van der Waals surface area contributed by atoms with E-state index in [1.807, 2.05) is 0 Å². The molecule has 12 heavy (non-hydrogen) atoms. The van der Waals surface area contributed by atoms with Gasteiger partial charge >= 0.3 is 11.8 Å². The molecule has 0 aliphatic rings. The van der Waals surface area contributed by atoms with E-state index in [4.69, 9.17) is 5.21 Å². The Morgan fingerprint density at radius 1 is 1.67 bits per heavy atom. The van der Waals surface area contributed by atoms with E-state index in [-0.39, 0.29) is 5.76 Å². The molecule has 0 aromatic carbocycles. The SMILES string of the molecule is O=C(NO)c1ccc([N+](=O)[O-])o1. The topological polar surface area (TPSA) is 106 Å². The Morgan fingerprint density at radius 2 is 2.33 bits per heavy atom. The number of amides is 1. The molecule has 1 aromatic rings. The zero-order valence-corrected chi connectivity index (χ0v) is 5.68. The number of carbonyl (C=O) groups excluding carboxylic acids is 1. The lowest BCUT2D eigenvalue weighted by Crippen LogP contribution is -2.17. The normalized spacial score (nSPS) is 9.42. The van der Waals surface area contributed by atoms with Crippen LogP contribution in [0.4, 0.5) is 5.88 Å². The van der Waals surface area contributed by atoms with Crippen LogP contribution in [-0.4, -0.2) is 16.0 Å². The van der Waals surface area contributed by atoms with Crippen molar-refractivity contribution < 1.29 is 19.3 Å². The van der Waals surface area contributed by atoms with Crippen molar-refractivity contribution in [3.05, 3.63) is 28.0 Å². The molecule has 0 aliphatic carbocycles. The molecule has 1 amide bonds. The third-order valence-corrected chi connectivity index (χ3v) is 1.10. The second-order valence-corrected chi connectivity index (χ2v) is 1.84. The molecular weight excluding hydrogens is 168 g/mol. The number of hydrogen-bond acceptors (Lipinski definition) is 5. The quantitative estimate of drug-likeness (QED) is 0.379. The van der Waals surface area contributed by atoms with Gasteiger partial charge in [0.2, 0.25) is 5.76 Å².